The van der Waals surface area contributed by atoms with Crippen LogP contribution in [0.5, 0.6) is 0 Å². The van der Waals surface area contributed by atoms with Crippen LogP contribution in [0.25, 0.3) is 98.4 Å². The molecule has 0 amide bonds. The molecule has 0 spiro atoms. The third kappa shape index (κ3) is 3.90. The lowest BCUT2D eigenvalue weighted by molar-refractivity contribution is 0.672. The monoisotopic (exact) mass is 611 g/mol. The Labute approximate surface area is 293 Å². The van der Waals surface area contributed by atoms with Crippen LogP contribution in [0, 0.1) is 0 Å². The lowest BCUT2D eigenvalue weighted by Gasteiger charge is -2.19. The van der Waals surface area contributed by atoms with E-state index >= 15 is 0 Å². The second-order valence-corrected chi connectivity index (χ2v) is 11.2. The Balaban J connectivity index is 1.39. The molecule has 0 N–H and O–H groups in total. The Hall–Kier alpha value is -6.18. The predicted molar refractivity (Wildman–Crippen MR) is 200 cm³/mol. The number of benzene rings is 9. The summed E-state index contributed by atoms with van der Waals surface area (Å²) in [5.74, 6) is 0. The van der Waals surface area contributed by atoms with Gasteiger partial charge in [0.2, 0.25) is 0 Å². The van der Waals surface area contributed by atoms with E-state index in [0.717, 1.165) is 0 Å². The fourth-order valence-corrected chi connectivity index (χ4v) is 6.65. The first-order valence-corrected chi connectivity index (χ1v) is 15.0. The maximum atomic E-state index is 9.80. The third-order valence-electron chi connectivity index (χ3n) is 8.68. The summed E-state index contributed by atoms with van der Waals surface area (Å²) in [4.78, 5) is 0. The van der Waals surface area contributed by atoms with Gasteiger partial charge < -0.3 is 4.42 Å². The smallest absolute Gasteiger partial charge is 0.143 e. The number of furan rings is 1. The first kappa shape index (κ1) is 15.4. The minimum absolute atomic E-state index is 0.0383. The molecule has 10 rings (SSSR count). The van der Waals surface area contributed by atoms with Crippen molar-refractivity contribution >= 4 is 65.0 Å². The molecule has 1 heterocycles. The van der Waals surface area contributed by atoms with Gasteiger partial charge in [0, 0.05) is 16.2 Å². The zero-order chi connectivity index (χ0) is 44.0. The zero-order valence-electron chi connectivity index (χ0n) is 39.4. The highest BCUT2D eigenvalue weighted by Crippen LogP contribution is 2.47. The molecule has 0 atom stereocenters. The summed E-state index contributed by atoms with van der Waals surface area (Å²) in [6.45, 7) is 0. The highest BCUT2D eigenvalue weighted by atomic mass is 16.3. The molecule has 1 aromatic heterocycles. The van der Waals surface area contributed by atoms with Crippen molar-refractivity contribution in [3.8, 4) is 33.4 Å². The van der Waals surface area contributed by atoms with E-state index in [1.165, 1.54) is 0 Å². The highest BCUT2D eigenvalue weighted by molar-refractivity contribution is 6.25. The van der Waals surface area contributed by atoms with Crippen LogP contribution in [0.3, 0.4) is 0 Å². The van der Waals surface area contributed by atoms with E-state index in [4.69, 9.17) is 16.8 Å². The lowest BCUT2D eigenvalue weighted by Crippen LogP contribution is -1.92. The van der Waals surface area contributed by atoms with Gasteiger partial charge in [-0.2, -0.15) is 0 Å². The highest BCUT2D eigenvalue weighted by Gasteiger charge is 2.20. The van der Waals surface area contributed by atoms with Crippen molar-refractivity contribution in [1.29, 1.82) is 0 Å². The SMILES string of the molecule is [2H]c1c(-c2c3ccccc3c(-c3c([2H])c([2H])c(-c4ccccc4)c4c([2H])c([2H])c([2H])c([2H])c34)c3ccccc23)c([2H])c2c(oc3c4c([2H])c([2H])c([2H])c([2H])c4c([2H])c([2H])c32)c1[2H]. The molecular weight excluding hydrogens is 569 g/mol. The normalized spacial score (nSPS) is 16.3. The minimum atomic E-state index is -0.594. The summed E-state index contributed by atoms with van der Waals surface area (Å²) in [6, 6.07) is 15.9. The molecule has 1 nitrogen and oxygen atoms in total. The summed E-state index contributed by atoms with van der Waals surface area (Å²) in [5.41, 5.74) is 0.949. The first-order chi connectivity index (χ1) is 29.6. The maximum absolute atomic E-state index is 9.80. The molecule has 0 aliphatic heterocycles. The van der Waals surface area contributed by atoms with E-state index in [2.05, 4.69) is 0 Å². The van der Waals surface area contributed by atoms with Crippen LogP contribution in [0.15, 0.2) is 174 Å². The van der Waals surface area contributed by atoms with Crippen LogP contribution in [0.1, 0.15) is 20.6 Å². The Bertz CT molecular complexity index is 3630. The molecule has 0 fully saturated rings. The third-order valence-corrected chi connectivity index (χ3v) is 8.68. The quantitative estimate of drug-likeness (QED) is 0.181. The van der Waals surface area contributed by atoms with E-state index in [0.29, 0.717) is 38.2 Å². The van der Waals surface area contributed by atoms with Gasteiger partial charge in [0.1, 0.15) is 11.2 Å². The van der Waals surface area contributed by atoms with E-state index in [9.17, 15) is 8.22 Å². The molecular formula is C46H28O. The van der Waals surface area contributed by atoms with Crippen molar-refractivity contribution in [2.45, 2.75) is 0 Å². The van der Waals surface area contributed by atoms with Crippen LogP contribution in [-0.4, -0.2) is 0 Å². The summed E-state index contributed by atoms with van der Waals surface area (Å²) >= 11 is 0. The van der Waals surface area contributed by atoms with E-state index in [1.807, 2.05) is 0 Å². The zero-order valence-corrected chi connectivity index (χ0v) is 24.4. The fraction of sp³-hybridized carbons (Fsp3) is 0. The van der Waals surface area contributed by atoms with Gasteiger partial charge in [-0.1, -0.05) is 151 Å². The van der Waals surface area contributed by atoms with E-state index < -0.39 is 66.5 Å². The fourth-order valence-electron chi connectivity index (χ4n) is 6.65. The maximum Gasteiger partial charge on any atom is 0.143 e. The van der Waals surface area contributed by atoms with Gasteiger partial charge in [0.25, 0.3) is 0 Å². The van der Waals surface area contributed by atoms with Gasteiger partial charge in [-0.25, -0.2) is 0 Å². The van der Waals surface area contributed by atoms with Gasteiger partial charge in [-0.3, -0.25) is 0 Å². The molecule has 0 saturated carbocycles. The largest absolute Gasteiger partial charge is 0.455 e. The Kier molecular flexibility index (Phi) is 3.33. The summed E-state index contributed by atoms with van der Waals surface area (Å²) in [5, 5.41) is 1.26. The minimum Gasteiger partial charge on any atom is -0.455 e. The van der Waals surface area contributed by atoms with Crippen LogP contribution in [0.2, 0.25) is 0 Å². The molecule has 0 aliphatic carbocycles. The summed E-state index contributed by atoms with van der Waals surface area (Å²) < 4.78 is 141. The molecule has 1 heteroatoms. The summed E-state index contributed by atoms with van der Waals surface area (Å²) in [6.07, 6.45) is 0. The van der Waals surface area contributed by atoms with Crippen LogP contribution >= 0.6 is 0 Å². The standard InChI is InChI=1S/C46H28O/c1-2-12-29(13-3-1)32-25-26-40(35-17-7-6-16-34(32)35)45-38-20-10-8-18-36(38)44(37-19-9-11-21-39(37)45)31-23-27-43-42(28-31)41-24-22-30-14-4-5-15-33(30)46(41)47-43/h1-28H/i4D,5D,6D,7D,14D,15D,16D,17D,22D,23D,24D,25D,26D,27D,28D. The van der Waals surface area contributed by atoms with Gasteiger partial charge >= 0.3 is 0 Å². The second kappa shape index (κ2) is 10.2. The first-order valence-electron chi connectivity index (χ1n) is 22.5. The van der Waals surface area contributed by atoms with Crippen molar-refractivity contribution in [3.63, 3.8) is 0 Å². The Morgan fingerprint density at radius 1 is 0.383 bits per heavy atom. The molecule has 10 aromatic rings. The Morgan fingerprint density at radius 3 is 1.70 bits per heavy atom. The number of hydrogen-bond acceptors (Lipinski definition) is 1. The number of hydrogen-bond donors (Lipinski definition) is 0. The molecule has 9 aromatic carbocycles. The van der Waals surface area contributed by atoms with Gasteiger partial charge in [0.15, 0.2) is 0 Å². The van der Waals surface area contributed by atoms with Crippen molar-refractivity contribution in [2.75, 3.05) is 0 Å². The van der Waals surface area contributed by atoms with Crippen molar-refractivity contribution < 1.29 is 25.0 Å². The van der Waals surface area contributed by atoms with E-state index in [-0.39, 0.29) is 84.3 Å². The van der Waals surface area contributed by atoms with Crippen LogP contribution in [-0.2, 0) is 0 Å². The average Bonchev–Trinajstić information content (AvgIpc) is 3.69. The number of fused-ring (bicyclic) bond motifs is 8. The Morgan fingerprint density at radius 2 is 0.979 bits per heavy atom. The molecule has 0 aliphatic rings. The van der Waals surface area contributed by atoms with Gasteiger partial charge in [-0.05, 0) is 89.2 Å². The molecule has 0 radical (unpaired) electrons. The molecule has 0 saturated heterocycles. The van der Waals surface area contributed by atoms with Crippen molar-refractivity contribution in [1.82, 2.24) is 0 Å². The van der Waals surface area contributed by atoms with Crippen molar-refractivity contribution in [2.24, 2.45) is 0 Å². The van der Waals surface area contributed by atoms with Gasteiger partial charge in [-0.15, -0.1) is 0 Å². The predicted octanol–water partition coefficient (Wildman–Crippen LogP) is 13.2. The average molecular weight is 612 g/mol. The molecule has 0 bridgehead atoms. The lowest BCUT2D eigenvalue weighted by atomic mass is 9.83. The summed E-state index contributed by atoms with van der Waals surface area (Å²) in [7, 11) is 0. The second-order valence-electron chi connectivity index (χ2n) is 11.2. The van der Waals surface area contributed by atoms with Crippen LogP contribution < -0.4 is 0 Å². The molecule has 0 unspecified atom stereocenters. The number of rotatable bonds is 3. The van der Waals surface area contributed by atoms with Gasteiger partial charge in [0.05, 0.1) is 20.6 Å². The molecule has 47 heavy (non-hydrogen) atoms. The molecule has 218 valence electrons. The van der Waals surface area contributed by atoms with Crippen LogP contribution in [0.4, 0.5) is 0 Å². The van der Waals surface area contributed by atoms with E-state index in [1.54, 1.807) is 78.9 Å². The van der Waals surface area contributed by atoms with Crippen molar-refractivity contribution in [3.05, 3.63) is 169 Å². The topological polar surface area (TPSA) is 13.1 Å².